The van der Waals surface area contributed by atoms with Crippen molar-refractivity contribution in [2.75, 3.05) is 32.8 Å². The number of thiazole rings is 1. The monoisotopic (exact) mass is 517 g/mol. The number of ether oxygens (including phenoxy) is 1. The van der Waals surface area contributed by atoms with E-state index in [0.717, 1.165) is 49.7 Å². The summed E-state index contributed by atoms with van der Waals surface area (Å²) < 4.78 is 5.92. The normalized spacial score (nSPS) is 14.6. The van der Waals surface area contributed by atoms with E-state index in [1.807, 2.05) is 12.1 Å². The van der Waals surface area contributed by atoms with Crippen molar-refractivity contribution in [2.45, 2.75) is 25.3 Å². The summed E-state index contributed by atoms with van der Waals surface area (Å²) in [5, 5.41) is 33.5. The zero-order chi connectivity index (χ0) is 21.8. The number of phenols is 1. The summed E-state index contributed by atoms with van der Waals surface area (Å²) in [4.78, 5) is 16.3. The Balaban J connectivity index is 0.00000193. The Labute approximate surface area is 208 Å². The topological polar surface area (TPSA) is 118 Å². The number of H-pyrrole nitrogens is 1. The van der Waals surface area contributed by atoms with Gasteiger partial charge < -0.3 is 25.0 Å². The number of aliphatic hydroxyl groups is 2. The molecule has 0 amide bonds. The number of rotatable bonds is 8. The number of morpholine rings is 1. The van der Waals surface area contributed by atoms with Crippen molar-refractivity contribution in [3.05, 3.63) is 62.8 Å². The number of aromatic amines is 1. The Morgan fingerprint density at radius 1 is 1.12 bits per heavy atom. The van der Waals surface area contributed by atoms with Crippen LogP contribution in [0.5, 0.6) is 5.75 Å². The molecule has 4 rings (SSSR count). The molecule has 0 unspecified atom stereocenters. The summed E-state index contributed by atoms with van der Waals surface area (Å²) >= 11 is 0.937. The number of hydrogen-bond acceptors (Lipinski definition) is 8. The molecule has 1 aromatic heterocycles. The number of benzene rings is 2. The largest absolute Gasteiger partial charge is 0.506 e. The van der Waals surface area contributed by atoms with Gasteiger partial charge in [-0.05, 0) is 29.2 Å². The minimum absolute atomic E-state index is 0. The zero-order valence-electron chi connectivity index (χ0n) is 18.0. The molecule has 0 spiro atoms. The molecule has 0 saturated carbocycles. The van der Waals surface area contributed by atoms with Crippen LogP contribution in [0.2, 0.25) is 0 Å². The Bertz CT molecular complexity index is 1100. The SMILES string of the molecule is Cl.Cl.O=c1[nH]c2c(O)ccc(CC(O)(O)NCCc3cccc(CN4CCOCC4)c3)c2s1. The molecule has 1 saturated heterocycles. The van der Waals surface area contributed by atoms with Crippen LogP contribution in [0.15, 0.2) is 41.2 Å². The molecule has 3 aromatic rings. The molecule has 8 nitrogen and oxygen atoms in total. The lowest BCUT2D eigenvalue weighted by Gasteiger charge is -2.26. The van der Waals surface area contributed by atoms with Crippen LogP contribution in [0.4, 0.5) is 0 Å². The third-order valence-electron chi connectivity index (χ3n) is 5.40. The van der Waals surface area contributed by atoms with E-state index in [1.54, 1.807) is 6.07 Å². The first-order valence-corrected chi connectivity index (χ1v) is 11.1. The van der Waals surface area contributed by atoms with E-state index >= 15 is 0 Å². The van der Waals surface area contributed by atoms with Gasteiger partial charge in [-0.25, -0.2) is 0 Å². The van der Waals surface area contributed by atoms with Crippen molar-refractivity contribution in [2.24, 2.45) is 0 Å². The highest BCUT2D eigenvalue weighted by Gasteiger charge is 2.25. The molecule has 33 heavy (non-hydrogen) atoms. The maximum Gasteiger partial charge on any atom is 0.305 e. The third kappa shape index (κ3) is 7.40. The van der Waals surface area contributed by atoms with Crippen LogP contribution in [-0.4, -0.2) is 64.0 Å². The van der Waals surface area contributed by atoms with E-state index in [0.29, 0.717) is 28.7 Å². The minimum Gasteiger partial charge on any atom is -0.506 e. The molecule has 0 radical (unpaired) electrons. The average Bonchev–Trinajstić information content (AvgIpc) is 3.14. The number of halogens is 2. The van der Waals surface area contributed by atoms with Crippen molar-refractivity contribution >= 4 is 46.4 Å². The second-order valence-electron chi connectivity index (χ2n) is 7.84. The first-order valence-electron chi connectivity index (χ1n) is 10.3. The Kier molecular flexibility index (Phi) is 10.1. The van der Waals surface area contributed by atoms with Crippen LogP contribution in [0, 0.1) is 0 Å². The second kappa shape index (κ2) is 12.1. The van der Waals surface area contributed by atoms with Gasteiger partial charge in [0.1, 0.15) is 11.3 Å². The average molecular weight is 518 g/mol. The number of fused-ring (bicyclic) bond motifs is 1. The lowest BCUT2D eigenvalue weighted by molar-refractivity contribution is -0.183. The fourth-order valence-corrected chi connectivity index (χ4v) is 4.72. The number of aromatic hydroxyl groups is 1. The fraction of sp³-hybridized carbons (Fsp3) is 0.409. The van der Waals surface area contributed by atoms with E-state index in [2.05, 4.69) is 27.3 Å². The van der Waals surface area contributed by atoms with Gasteiger partial charge in [-0.2, -0.15) is 0 Å². The van der Waals surface area contributed by atoms with Gasteiger partial charge in [0.15, 0.2) is 0 Å². The Morgan fingerprint density at radius 2 is 1.85 bits per heavy atom. The van der Waals surface area contributed by atoms with Gasteiger partial charge in [0, 0.05) is 32.6 Å². The van der Waals surface area contributed by atoms with Gasteiger partial charge in [-0.3, -0.25) is 15.0 Å². The molecule has 5 N–H and O–H groups in total. The molecule has 1 aliphatic heterocycles. The summed E-state index contributed by atoms with van der Waals surface area (Å²) in [5.41, 5.74) is 3.24. The summed E-state index contributed by atoms with van der Waals surface area (Å²) in [6.45, 7) is 4.66. The van der Waals surface area contributed by atoms with E-state index in [9.17, 15) is 20.1 Å². The highest BCUT2D eigenvalue weighted by Crippen LogP contribution is 2.29. The number of nitrogens with one attached hydrogen (secondary N) is 2. The van der Waals surface area contributed by atoms with Crippen LogP contribution in [0.1, 0.15) is 16.7 Å². The second-order valence-corrected chi connectivity index (χ2v) is 8.82. The van der Waals surface area contributed by atoms with Crippen LogP contribution in [-0.2, 0) is 24.1 Å². The molecule has 11 heteroatoms. The van der Waals surface area contributed by atoms with Crippen LogP contribution in [0.25, 0.3) is 10.2 Å². The van der Waals surface area contributed by atoms with Crippen molar-refractivity contribution in [3.8, 4) is 5.75 Å². The lowest BCUT2D eigenvalue weighted by atomic mass is 10.1. The van der Waals surface area contributed by atoms with Gasteiger partial charge in [0.05, 0.1) is 17.9 Å². The molecular formula is C22H29Cl2N3O5S. The predicted octanol–water partition coefficient (Wildman–Crippen LogP) is 1.98. The molecular weight excluding hydrogens is 489 g/mol. The highest BCUT2D eigenvalue weighted by atomic mass is 35.5. The van der Waals surface area contributed by atoms with Gasteiger partial charge in [0.25, 0.3) is 0 Å². The zero-order valence-corrected chi connectivity index (χ0v) is 20.4. The molecule has 1 fully saturated rings. The molecule has 0 atom stereocenters. The number of nitrogens with zero attached hydrogens (tertiary/aromatic N) is 1. The van der Waals surface area contributed by atoms with Gasteiger partial charge >= 0.3 is 4.87 Å². The van der Waals surface area contributed by atoms with Crippen LogP contribution >= 0.6 is 36.2 Å². The van der Waals surface area contributed by atoms with E-state index < -0.39 is 5.91 Å². The number of aromatic nitrogens is 1. The predicted molar refractivity (Wildman–Crippen MR) is 134 cm³/mol. The first-order chi connectivity index (χ1) is 14.9. The van der Waals surface area contributed by atoms with Crippen molar-refractivity contribution in [1.82, 2.24) is 15.2 Å². The standard InChI is InChI=1S/C22H27N3O5S.2ClH/c26-18-5-4-17(20-19(18)24-21(27)31-20)13-22(28,29)23-7-6-15-2-1-3-16(12-15)14-25-8-10-30-11-9-25;;/h1-5,12,23,26,28-29H,6-11,13-14H2,(H,24,27);2*1H. The van der Waals surface area contributed by atoms with Crippen LogP contribution in [0.3, 0.4) is 0 Å². The lowest BCUT2D eigenvalue weighted by Crippen LogP contribution is -2.47. The maximum absolute atomic E-state index is 11.6. The Hall–Kier alpha value is -1.69. The smallest absolute Gasteiger partial charge is 0.305 e. The van der Waals surface area contributed by atoms with Crippen molar-refractivity contribution in [1.29, 1.82) is 0 Å². The molecule has 1 aliphatic rings. The summed E-state index contributed by atoms with van der Waals surface area (Å²) in [5.74, 6) is -2.17. The summed E-state index contributed by atoms with van der Waals surface area (Å²) in [7, 11) is 0. The summed E-state index contributed by atoms with van der Waals surface area (Å²) in [6, 6.07) is 11.3. The number of hydrogen-bond donors (Lipinski definition) is 5. The van der Waals surface area contributed by atoms with E-state index in [1.165, 1.54) is 11.6 Å². The van der Waals surface area contributed by atoms with Crippen LogP contribution < -0.4 is 10.2 Å². The van der Waals surface area contributed by atoms with Gasteiger partial charge in [-0.1, -0.05) is 41.7 Å². The summed E-state index contributed by atoms with van der Waals surface area (Å²) in [6.07, 6.45) is 0.525. The minimum atomic E-state index is -2.14. The van der Waals surface area contributed by atoms with Gasteiger partial charge in [-0.15, -0.1) is 24.8 Å². The third-order valence-corrected chi connectivity index (χ3v) is 6.36. The fourth-order valence-electron chi connectivity index (χ4n) is 3.85. The Morgan fingerprint density at radius 3 is 2.61 bits per heavy atom. The number of phenolic OH excluding ortho intramolecular Hbond substituents is 1. The van der Waals surface area contributed by atoms with Crippen molar-refractivity contribution in [3.63, 3.8) is 0 Å². The maximum atomic E-state index is 11.6. The first kappa shape index (κ1) is 27.6. The van der Waals surface area contributed by atoms with E-state index in [-0.39, 0.29) is 41.9 Å². The van der Waals surface area contributed by atoms with Gasteiger partial charge in [0.2, 0.25) is 5.91 Å². The highest BCUT2D eigenvalue weighted by molar-refractivity contribution is 7.16. The quantitative estimate of drug-likeness (QED) is 0.290. The molecule has 2 aromatic carbocycles. The molecule has 2 heterocycles. The molecule has 182 valence electrons. The molecule has 0 aliphatic carbocycles. The van der Waals surface area contributed by atoms with E-state index in [4.69, 9.17) is 4.74 Å². The van der Waals surface area contributed by atoms with Crippen molar-refractivity contribution < 1.29 is 20.1 Å². The molecule has 0 bridgehead atoms.